The first-order chi connectivity index (χ1) is 7.22. The van der Waals surface area contributed by atoms with Gasteiger partial charge in [-0.1, -0.05) is 0 Å². The van der Waals surface area contributed by atoms with E-state index in [-0.39, 0.29) is 11.8 Å². The van der Waals surface area contributed by atoms with Crippen LogP contribution in [0.5, 0.6) is 5.75 Å². The Morgan fingerprint density at radius 3 is 3.13 bits per heavy atom. The number of phenols is 1. The molecule has 2 rings (SSSR count). The summed E-state index contributed by atoms with van der Waals surface area (Å²) in [5, 5.41) is 9.29. The maximum atomic E-state index is 11.5. The average molecular weight is 207 g/mol. The number of carbonyl (C=O) groups excluding carboxylic acids is 1. The molecule has 0 saturated carbocycles. The molecule has 0 radical (unpaired) electrons. The van der Waals surface area contributed by atoms with Gasteiger partial charge in [-0.25, -0.2) is 4.79 Å². The molecule has 1 aliphatic rings. The third kappa shape index (κ3) is 1.75. The maximum Gasteiger partial charge on any atom is 0.414 e. The van der Waals surface area contributed by atoms with E-state index >= 15 is 0 Å². The molecule has 1 aromatic rings. The maximum absolute atomic E-state index is 11.5. The van der Waals surface area contributed by atoms with Gasteiger partial charge in [-0.05, 0) is 37.1 Å². The summed E-state index contributed by atoms with van der Waals surface area (Å²) >= 11 is 0. The van der Waals surface area contributed by atoms with Crippen LogP contribution in [-0.2, 0) is 11.2 Å². The number of carbonyl (C=O) groups is 1. The van der Waals surface area contributed by atoms with Crippen molar-refractivity contribution in [3.63, 3.8) is 0 Å². The van der Waals surface area contributed by atoms with Gasteiger partial charge in [0.15, 0.2) is 0 Å². The predicted octanol–water partition coefficient (Wildman–Crippen LogP) is 1.91. The SMILES string of the molecule is CCOC(=O)N1CCc2cc(O)ccc21. The van der Waals surface area contributed by atoms with Crippen molar-refractivity contribution in [2.45, 2.75) is 13.3 Å². The van der Waals surface area contributed by atoms with E-state index in [1.807, 2.05) is 0 Å². The topological polar surface area (TPSA) is 49.8 Å². The van der Waals surface area contributed by atoms with E-state index < -0.39 is 0 Å². The summed E-state index contributed by atoms with van der Waals surface area (Å²) in [6.45, 7) is 2.78. The third-order valence-corrected chi connectivity index (χ3v) is 2.45. The monoisotopic (exact) mass is 207 g/mol. The normalized spacial score (nSPS) is 13.8. The highest BCUT2D eigenvalue weighted by molar-refractivity contribution is 5.90. The Balaban J connectivity index is 2.25. The Labute approximate surface area is 88.1 Å². The van der Waals surface area contributed by atoms with Crippen LogP contribution in [-0.4, -0.2) is 24.4 Å². The summed E-state index contributed by atoms with van der Waals surface area (Å²) in [5.41, 5.74) is 1.83. The van der Waals surface area contributed by atoms with Crippen LogP contribution < -0.4 is 4.90 Å². The second kappa shape index (κ2) is 3.81. The Morgan fingerprint density at radius 2 is 2.40 bits per heavy atom. The zero-order valence-electron chi connectivity index (χ0n) is 8.56. The summed E-state index contributed by atoms with van der Waals surface area (Å²) in [6, 6.07) is 5.01. The number of fused-ring (bicyclic) bond motifs is 1. The van der Waals surface area contributed by atoms with Crippen molar-refractivity contribution in [2.24, 2.45) is 0 Å². The summed E-state index contributed by atoms with van der Waals surface area (Å²) in [7, 11) is 0. The summed E-state index contributed by atoms with van der Waals surface area (Å²) in [4.78, 5) is 13.1. The molecule has 0 aliphatic carbocycles. The zero-order chi connectivity index (χ0) is 10.8. The minimum Gasteiger partial charge on any atom is -0.508 e. The second-order valence-corrected chi connectivity index (χ2v) is 3.41. The second-order valence-electron chi connectivity index (χ2n) is 3.41. The van der Waals surface area contributed by atoms with Gasteiger partial charge < -0.3 is 9.84 Å². The molecule has 1 amide bonds. The Morgan fingerprint density at radius 1 is 1.60 bits per heavy atom. The molecule has 0 bridgehead atoms. The van der Waals surface area contributed by atoms with Gasteiger partial charge in [0.2, 0.25) is 0 Å². The average Bonchev–Trinajstić information content (AvgIpc) is 2.60. The van der Waals surface area contributed by atoms with Crippen LogP contribution in [0, 0.1) is 0 Å². The van der Waals surface area contributed by atoms with E-state index in [1.54, 1.807) is 30.0 Å². The number of phenolic OH excluding ortho intramolecular Hbond substituents is 1. The first kappa shape index (κ1) is 9.83. The third-order valence-electron chi connectivity index (χ3n) is 2.45. The van der Waals surface area contributed by atoms with Crippen LogP contribution in [0.2, 0.25) is 0 Å². The van der Waals surface area contributed by atoms with E-state index in [1.165, 1.54) is 0 Å². The van der Waals surface area contributed by atoms with Crippen molar-refractivity contribution in [2.75, 3.05) is 18.1 Å². The summed E-state index contributed by atoms with van der Waals surface area (Å²) in [6.07, 6.45) is 0.449. The van der Waals surface area contributed by atoms with Crippen molar-refractivity contribution < 1.29 is 14.6 Å². The number of rotatable bonds is 1. The highest BCUT2D eigenvalue weighted by atomic mass is 16.6. The quantitative estimate of drug-likeness (QED) is 0.765. The van der Waals surface area contributed by atoms with Crippen molar-refractivity contribution in [1.29, 1.82) is 0 Å². The van der Waals surface area contributed by atoms with Gasteiger partial charge in [-0.2, -0.15) is 0 Å². The number of ether oxygens (including phenoxy) is 1. The lowest BCUT2D eigenvalue weighted by Crippen LogP contribution is -2.29. The molecule has 0 spiro atoms. The minimum atomic E-state index is -0.318. The van der Waals surface area contributed by atoms with Crippen LogP contribution in [0.4, 0.5) is 10.5 Å². The fourth-order valence-corrected chi connectivity index (χ4v) is 1.78. The Hall–Kier alpha value is -1.71. The molecule has 80 valence electrons. The molecule has 0 atom stereocenters. The first-order valence-electron chi connectivity index (χ1n) is 4.98. The van der Waals surface area contributed by atoms with Crippen LogP contribution >= 0.6 is 0 Å². The number of hydrogen-bond acceptors (Lipinski definition) is 3. The van der Waals surface area contributed by atoms with E-state index in [0.717, 1.165) is 17.7 Å². The molecule has 1 heterocycles. The molecule has 1 aliphatic heterocycles. The molecule has 1 aromatic carbocycles. The fraction of sp³-hybridized carbons (Fsp3) is 0.364. The number of hydrogen-bond donors (Lipinski definition) is 1. The molecule has 0 fully saturated rings. The van der Waals surface area contributed by atoms with Gasteiger partial charge in [0.05, 0.1) is 12.3 Å². The lowest BCUT2D eigenvalue weighted by Gasteiger charge is -2.16. The van der Waals surface area contributed by atoms with Crippen LogP contribution in [0.25, 0.3) is 0 Å². The molecular formula is C11H13NO3. The Bertz CT molecular complexity index is 389. The van der Waals surface area contributed by atoms with E-state index in [0.29, 0.717) is 13.2 Å². The van der Waals surface area contributed by atoms with Crippen molar-refractivity contribution in [1.82, 2.24) is 0 Å². The van der Waals surface area contributed by atoms with E-state index in [4.69, 9.17) is 4.74 Å². The molecule has 0 aromatic heterocycles. The van der Waals surface area contributed by atoms with Gasteiger partial charge in [0, 0.05) is 6.54 Å². The molecule has 4 heteroatoms. The molecule has 4 nitrogen and oxygen atoms in total. The first-order valence-corrected chi connectivity index (χ1v) is 4.98. The molecule has 1 N–H and O–H groups in total. The Kier molecular flexibility index (Phi) is 2.49. The smallest absolute Gasteiger partial charge is 0.414 e. The molecule has 0 saturated heterocycles. The number of benzene rings is 1. The number of nitrogens with zero attached hydrogens (tertiary/aromatic N) is 1. The summed E-state index contributed by atoms with van der Waals surface area (Å²) in [5.74, 6) is 0.236. The number of aromatic hydroxyl groups is 1. The summed E-state index contributed by atoms with van der Waals surface area (Å²) < 4.78 is 4.94. The minimum absolute atomic E-state index is 0.236. The molecular weight excluding hydrogens is 194 g/mol. The van der Waals surface area contributed by atoms with Gasteiger partial charge in [0.1, 0.15) is 5.75 Å². The van der Waals surface area contributed by atoms with Crippen LogP contribution in [0.15, 0.2) is 18.2 Å². The van der Waals surface area contributed by atoms with Crippen molar-refractivity contribution in [3.8, 4) is 5.75 Å². The number of amides is 1. The lowest BCUT2D eigenvalue weighted by atomic mass is 10.1. The predicted molar refractivity (Wildman–Crippen MR) is 56.2 cm³/mol. The highest BCUT2D eigenvalue weighted by Crippen LogP contribution is 2.31. The van der Waals surface area contributed by atoms with Gasteiger partial charge in [0.25, 0.3) is 0 Å². The fourth-order valence-electron chi connectivity index (χ4n) is 1.78. The van der Waals surface area contributed by atoms with Crippen LogP contribution in [0.3, 0.4) is 0 Å². The molecule has 15 heavy (non-hydrogen) atoms. The van der Waals surface area contributed by atoms with Gasteiger partial charge >= 0.3 is 6.09 Å². The van der Waals surface area contributed by atoms with Crippen LogP contribution in [0.1, 0.15) is 12.5 Å². The van der Waals surface area contributed by atoms with Crippen molar-refractivity contribution in [3.05, 3.63) is 23.8 Å². The van der Waals surface area contributed by atoms with Gasteiger partial charge in [-0.15, -0.1) is 0 Å². The largest absolute Gasteiger partial charge is 0.508 e. The zero-order valence-corrected chi connectivity index (χ0v) is 8.56. The highest BCUT2D eigenvalue weighted by Gasteiger charge is 2.25. The standard InChI is InChI=1S/C11H13NO3/c1-2-15-11(14)12-6-5-8-7-9(13)3-4-10(8)12/h3-4,7,13H,2,5-6H2,1H3. The van der Waals surface area contributed by atoms with Crippen molar-refractivity contribution >= 4 is 11.8 Å². The lowest BCUT2D eigenvalue weighted by molar-refractivity contribution is 0.160. The molecule has 0 unspecified atom stereocenters. The van der Waals surface area contributed by atoms with E-state index in [2.05, 4.69) is 0 Å². The van der Waals surface area contributed by atoms with E-state index in [9.17, 15) is 9.90 Å². The van der Waals surface area contributed by atoms with Gasteiger partial charge in [-0.3, -0.25) is 4.90 Å². The number of anilines is 1.